The summed E-state index contributed by atoms with van der Waals surface area (Å²) in [6.07, 6.45) is 0.215. The van der Waals surface area contributed by atoms with E-state index in [4.69, 9.17) is 0 Å². The fraction of sp³-hybridized carbons (Fsp3) is 0.200. The Kier molecular flexibility index (Phi) is 6.80. The van der Waals surface area contributed by atoms with Gasteiger partial charge in [-0.25, -0.2) is 0 Å². The van der Waals surface area contributed by atoms with Gasteiger partial charge < -0.3 is 10.6 Å². The molecule has 2 N–H and O–H groups in total. The Morgan fingerprint density at radius 1 is 0.793 bits per heavy atom. The highest BCUT2D eigenvalue weighted by atomic mass is 16.2. The number of rotatable bonds is 7. The molecule has 0 aliphatic carbocycles. The molecule has 0 saturated heterocycles. The molecular weight excluding hydrogens is 360 g/mol. The van der Waals surface area contributed by atoms with Crippen LogP contribution >= 0.6 is 0 Å². The average molecular weight is 386 g/mol. The maximum Gasteiger partial charge on any atom is 0.251 e. The van der Waals surface area contributed by atoms with E-state index in [-0.39, 0.29) is 30.8 Å². The number of carbonyl (C=O) groups excluding carboxylic acids is 2. The molecule has 0 spiro atoms. The van der Waals surface area contributed by atoms with Crippen LogP contribution in [0.1, 0.15) is 45.1 Å². The monoisotopic (exact) mass is 386 g/mol. The van der Waals surface area contributed by atoms with Gasteiger partial charge in [-0.2, -0.15) is 0 Å². The molecule has 1 atom stereocenters. The minimum absolute atomic E-state index is 0.107. The zero-order valence-electron chi connectivity index (χ0n) is 16.8. The number of aryl methyl sites for hydroxylation is 2. The average Bonchev–Trinajstić information content (AvgIpc) is 2.73. The number of carbonyl (C=O) groups is 2. The molecule has 0 radical (unpaired) electrons. The summed E-state index contributed by atoms with van der Waals surface area (Å²) in [7, 11) is 0. The number of amides is 2. The van der Waals surface area contributed by atoms with Crippen LogP contribution in [0, 0.1) is 13.8 Å². The summed E-state index contributed by atoms with van der Waals surface area (Å²) in [6, 6.07) is 25.2. The first kappa shape index (κ1) is 20.3. The summed E-state index contributed by atoms with van der Waals surface area (Å²) >= 11 is 0. The summed E-state index contributed by atoms with van der Waals surface area (Å²) in [5, 5.41) is 5.93. The molecule has 2 amide bonds. The highest BCUT2D eigenvalue weighted by Gasteiger charge is 2.17. The van der Waals surface area contributed by atoms with E-state index in [0.717, 1.165) is 16.7 Å². The second-order valence-electron chi connectivity index (χ2n) is 7.14. The van der Waals surface area contributed by atoms with Crippen LogP contribution in [0.3, 0.4) is 0 Å². The molecule has 0 aromatic heterocycles. The van der Waals surface area contributed by atoms with E-state index < -0.39 is 0 Å². The lowest BCUT2D eigenvalue weighted by Crippen LogP contribution is -2.33. The molecule has 4 nitrogen and oxygen atoms in total. The van der Waals surface area contributed by atoms with E-state index in [9.17, 15) is 9.59 Å². The Balaban J connectivity index is 1.62. The van der Waals surface area contributed by atoms with Crippen molar-refractivity contribution in [3.8, 4) is 0 Å². The van der Waals surface area contributed by atoms with E-state index in [2.05, 4.69) is 10.6 Å². The van der Waals surface area contributed by atoms with E-state index in [0.29, 0.717) is 5.56 Å². The maximum atomic E-state index is 12.6. The number of benzene rings is 3. The molecule has 0 aliphatic rings. The van der Waals surface area contributed by atoms with Crippen molar-refractivity contribution < 1.29 is 9.59 Å². The van der Waals surface area contributed by atoms with Gasteiger partial charge in [0.05, 0.1) is 6.04 Å². The van der Waals surface area contributed by atoms with Crippen LogP contribution in [-0.2, 0) is 4.79 Å². The first-order valence-electron chi connectivity index (χ1n) is 9.79. The van der Waals surface area contributed by atoms with Gasteiger partial charge in [0.15, 0.2) is 0 Å². The third-order valence-electron chi connectivity index (χ3n) is 4.88. The molecule has 0 saturated carbocycles. The SMILES string of the molecule is Cc1ccc(C(NC(=O)CCNC(=O)c2ccccc2C)c2ccccc2)cc1. The molecule has 3 aromatic rings. The number of hydrogen-bond donors (Lipinski definition) is 2. The summed E-state index contributed by atoms with van der Waals surface area (Å²) in [5.41, 5.74) is 4.77. The van der Waals surface area contributed by atoms with Crippen molar-refractivity contribution in [2.45, 2.75) is 26.3 Å². The summed E-state index contributed by atoms with van der Waals surface area (Å²) in [4.78, 5) is 24.9. The number of nitrogens with one attached hydrogen (secondary N) is 2. The highest BCUT2D eigenvalue weighted by Crippen LogP contribution is 2.22. The van der Waals surface area contributed by atoms with Gasteiger partial charge >= 0.3 is 0 Å². The van der Waals surface area contributed by atoms with Crippen LogP contribution in [0.2, 0.25) is 0 Å². The molecule has 3 aromatic carbocycles. The van der Waals surface area contributed by atoms with Crippen molar-refractivity contribution in [3.63, 3.8) is 0 Å². The van der Waals surface area contributed by atoms with E-state index in [1.54, 1.807) is 6.07 Å². The summed E-state index contributed by atoms with van der Waals surface area (Å²) < 4.78 is 0. The maximum absolute atomic E-state index is 12.6. The molecular formula is C25H26N2O2. The van der Waals surface area contributed by atoms with Gasteiger partial charge in [-0.3, -0.25) is 9.59 Å². The van der Waals surface area contributed by atoms with E-state index >= 15 is 0 Å². The molecule has 0 aliphatic heterocycles. The smallest absolute Gasteiger partial charge is 0.251 e. The first-order chi connectivity index (χ1) is 14.0. The zero-order chi connectivity index (χ0) is 20.6. The topological polar surface area (TPSA) is 58.2 Å². The van der Waals surface area contributed by atoms with Gasteiger partial charge in [-0.05, 0) is 36.6 Å². The predicted molar refractivity (Wildman–Crippen MR) is 116 cm³/mol. The fourth-order valence-corrected chi connectivity index (χ4v) is 3.21. The Hall–Kier alpha value is -3.40. The van der Waals surface area contributed by atoms with Crippen LogP contribution in [0.5, 0.6) is 0 Å². The minimum atomic E-state index is -0.226. The van der Waals surface area contributed by atoms with Gasteiger partial charge in [0.2, 0.25) is 5.91 Å². The molecule has 0 fully saturated rings. The second kappa shape index (κ2) is 9.69. The Labute approximate surface area is 172 Å². The molecule has 0 bridgehead atoms. The molecule has 148 valence electrons. The van der Waals surface area contributed by atoms with Gasteiger partial charge in [0, 0.05) is 18.5 Å². The molecule has 1 unspecified atom stereocenters. The number of hydrogen-bond acceptors (Lipinski definition) is 2. The fourth-order valence-electron chi connectivity index (χ4n) is 3.21. The van der Waals surface area contributed by atoms with Crippen molar-refractivity contribution in [1.29, 1.82) is 0 Å². The quantitative estimate of drug-likeness (QED) is 0.635. The van der Waals surface area contributed by atoms with Crippen LogP contribution in [0.25, 0.3) is 0 Å². The van der Waals surface area contributed by atoms with Crippen molar-refractivity contribution in [1.82, 2.24) is 10.6 Å². The Bertz CT molecular complexity index is 966. The lowest BCUT2D eigenvalue weighted by molar-refractivity contribution is -0.121. The zero-order valence-corrected chi connectivity index (χ0v) is 16.8. The van der Waals surface area contributed by atoms with Crippen LogP contribution in [-0.4, -0.2) is 18.4 Å². The van der Waals surface area contributed by atoms with Crippen LogP contribution in [0.15, 0.2) is 78.9 Å². The Morgan fingerprint density at radius 3 is 2.10 bits per heavy atom. The summed E-state index contributed by atoms with van der Waals surface area (Å²) in [5.74, 6) is -0.265. The predicted octanol–water partition coefficient (Wildman–Crippen LogP) is 4.33. The van der Waals surface area contributed by atoms with Crippen molar-refractivity contribution in [3.05, 3.63) is 107 Å². The van der Waals surface area contributed by atoms with E-state index in [1.165, 1.54) is 5.56 Å². The largest absolute Gasteiger partial charge is 0.352 e. The highest BCUT2D eigenvalue weighted by molar-refractivity contribution is 5.95. The van der Waals surface area contributed by atoms with Gasteiger partial charge in [0.1, 0.15) is 0 Å². The first-order valence-corrected chi connectivity index (χ1v) is 9.79. The lowest BCUT2D eigenvalue weighted by Gasteiger charge is -2.20. The van der Waals surface area contributed by atoms with Gasteiger partial charge in [-0.15, -0.1) is 0 Å². The molecule has 0 heterocycles. The summed E-state index contributed by atoms with van der Waals surface area (Å²) in [6.45, 7) is 4.22. The van der Waals surface area contributed by atoms with E-state index in [1.807, 2.05) is 86.6 Å². The van der Waals surface area contributed by atoms with Crippen molar-refractivity contribution in [2.75, 3.05) is 6.54 Å². The Morgan fingerprint density at radius 2 is 1.41 bits per heavy atom. The normalized spacial score (nSPS) is 11.5. The van der Waals surface area contributed by atoms with Crippen molar-refractivity contribution in [2.24, 2.45) is 0 Å². The van der Waals surface area contributed by atoms with Crippen LogP contribution < -0.4 is 10.6 Å². The third kappa shape index (κ3) is 5.55. The second-order valence-corrected chi connectivity index (χ2v) is 7.14. The molecule has 3 rings (SSSR count). The van der Waals surface area contributed by atoms with Crippen LogP contribution in [0.4, 0.5) is 0 Å². The standard InChI is InChI=1S/C25H26N2O2/c1-18-12-14-21(15-13-18)24(20-9-4-3-5-10-20)27-23(28)16-17-26-25(29)22-11-7-6-8-19(22)2/h3-15,24H,16-17H2,1-2H3,(H,26,29)(H,27,28). The molecule has 29 heavy (non-hydrogen) atoms. The molecule has 4 heteroatoms. The van der Waals surface area contributed by atoms with Crippen molar-refractivity contribution >= 4 is 11.8 Å². The van der Waals surface area contributed by atoms with Gasteiger partial charge in [0.25, 0.3) is 5.91 Å². The third-order valence-corrected chi connectivity index (χ3v) is 4.88. The lowest BCUT2D eigenvalue weighted by atomic mass is 9.97. The minimum Gasteiger partial charge on any atom is -0.352 e. The van der Waals surface area contributed by atoms with Gasteiger partial charge in [-0.1, -0.05) is 78.4 Å².